The van der Waals surface area contributed by atoms with Crippen LogP contribution in [0.5, 0.6) is 5.75 Å². The first-order chi connectivity index (χ1) is 6.81. The molecular weight excluding hydrogens is 176 g/mol. The summed E-state index contributed by atoms with van der Waals surface area (Å²) in [5.74, 6) is 1.19. The van der Waals surface area contributed by atoms with Crippen molar-refractivity contribution in [2.24, 2.45) is 0 Å². The van der Waals surface area contributed by atoms with Crippen LogP contribution in [-0.4, -0.2) is 18.3 Å². The van der Waals surface area contributed by atoms with Crippen LogP contribution in [0.15, 0.2) is 36.4 Å². The molecule has 2 nitrogen and oxygen atoms in total. The van der Waals surface area contributed by atoms with Crippen molar-refractivity contribution in [2.45, 2.75) is 18.4 Å². The topological polar surface area (TPSA) is 29.5 Å². The van der Waals surface area contributed by atoms with Crippen molar-refractivity contribution in [3.05, 3.63) is 42.0 Å². The third kappa shape index (κ3) is 1.66. The van der Waals surface area contributed by atoms with Crippen molar-refractivity contribution in [1.82, 2.24) is 0 Å². The highest BCUT2D eigenvalue weighted by molar-refractivity contribution is 5.39. The molecule has 1 aliphatic rings. The molecule has 0 saturated carbocycles. The smallest absolute Gasteiger partial charge is 0.122 e. The minimum absolute atomic E-state index is 0.293. The van der Waals surface area contributed by atoms with Crippen molar-refractivity contribution in [3.63, 3.8) is 0 Å². The summed E-state index contributed by atoms with van der Waals surface area (Å²) in [6.45, 7) is 0. The Hall–Kier alpha value is -1.28. The standard InChI is InChI=1S/C12H14O2/c1-14-12-5-3-2-4-11(12)9-6-7-10(13)8-9/h2-7,9-10,13H,8H2,1H3. The molecule has 2 heteroatoms. The van der Waals surface area contributed by atoms with Crippen LogP contribution in [0.2, 0.25) is 0 Å². The van der Waals surface area contributed by atoms with Crippen molar-refractivity contribution in [3.8, 4) is 5.75 Å². The summed E-state index contributed by atoms with van der Waals surface area (Å²) < 4.78 is 5.28. The van der Waals surface area contributed by atoms with Crippen LogP contribution in [0.25, 0.3) is 0 Å². The highest BCUT2D eigenvalue weighted by Gasteiger charge is 2.20. The van der Waals surface area contributed by atoms with Gasteiger partial charge >= 0.3 is 0 Å². The summed E-state index contributed by atoms with van der Waals surface area (Å²) in [6.07, 6.45) is 4.35. The van der Waals surface area contributed by atoms with Gasteiger partial charge in [0.05, 0.1) is 13.2 Å². The molecule has 0 radical (unpaired) electrons. The van der Waals surface area contributed by atoms with Crippen LogP contribution >= 0.6 is 0 Å². The van der Waals surface area contributed by atoms with Crippen LogP contribution in [0.4, 0.5) is 0 Å². The van der Waals surface area contributed by atoms with E-state index < -0.39 is 0 Å². The van der Waals surface area contributed by atoms with E-state index in [0.717, 1.165) is 17.7 Å². The van der Waals surface area contributed by atoms with Gasteiger partial charge in [-0.25, -0.2) is 0 Å². The average molecular weight is 190 g/mol. The van der Waals surface area contributed by atoms with Gasteiger partial charge < -0.3 is 9.84 Å². The summed E-state index contributed by atoms with van der Waals surface area (Å²) in [7, 11) is 1.67. The molecule has 0 amide bonds. The Balaban J connectivity index is 2.28. The molecule has 2 unspecified atom stereocenters. The zero-order valence-corrected chi connectivity index (χ0v) is 8.18. The molecule has 0 aliphatic heterocycles. The molecule has 2 atom stereocenters. The van der Waals surface area contributed by atoms with Crippen molar-refractivity contribution < 1.29 is 9.84 Å². The van der Waals surface area contributed by atoms with Crippen LogP contribution in [-0.2, 0) is 0 Å². The summed E-state index contributed by atoms with van der Waals surface area (Å²) in [5.41, 5.74) is 1.16. The quantitative estimate of drug-likeness (QED) is 0.724. The maximum Gasteiger partial charge on any atom is 0.122 e. The molecule has 0 bridgehead atoms. The number of ether oxygens (including phenoxy) is 1. The number of benzene rings is 1. The number of rotatable bonds is 2. The third-order valence-corrected chi connectivity index (χ3v) is 2.60. The zero-order chi connectivity index (χ0) is 9.97. The van der Waals surface area contributed by atoms with Crippen molar-refractivity contribution in [2.75, 3.05) is 7.11 Å². The number of methoxy groups -OCH3 is 1. The van der Waals surface area contributed by atoms with E-state index >= 15 is 0 Å². The van der Waals surface area contributed by atoms with E-state index in [-0.39, 0.29) is 6.10 Å². The molecule has 1 aromatic carbocycles. The van der Waals surface area contributed by atoms with Gasteiger partial charge in [-0.1, -0.05) is 30.4 Å². The third-order valence-electron chi connectivity index (χ3n) is 2.60. The molecule has 0 aromatic heterocycles. The van der Waals surface area contributed by atoms with Gasteiger partial charge in [-0.2, -0.15) is 0 Å². The first kappa shape index (κ1) is 9.28. The maximum atomic E-state index is 9.40. The van der Waals surface area contributed by atoms with Gasteiger partial charge in [0, 0.05) is 11.5 Å². The van der Waals surface area contributed by atoms with E-state index in [0.29, 0.717) is 5.92 Å². The van der Waals surface area contributed by atoms with Crippen molar-refractivity contribution in [1.29, 1.82) is 0 Å². The fraction of sp³-hybridized carbons (Fsp3) is 0.333. The number of aliphatic hydroxyl groups excluding tert-OH is 1. The molecule has 1 N–H and O–H groups in total. The molecular formula is C12H14O2. The highest BCUT2D eigenvalue weighted by Crippen LogP contribution is 2.34. The number of allylic oxidation sites excluding steroid dienone is 1. The Morgan fingerprint density at radius 3 is 2.71 bits per heavy atom. The molecule has 0 spiro atoms. The summed E-state index contributed by atoms with van der Waals surface area (Å²) in [6, 6.07) is 7.95. The van der Waals surface area contributed by atoms with Gasteiger partial charge in [0.25, 0.3) is 0 Å². The largest absolute Gasteiger partial charge is 0.496 e. The Kier molecular flexibility index (Phi) is 2.55. The van der Waals surface area contributed by atoms with Gasteiger partial charge in [-0.3, -0.25) is 0 Å². The fourth-order valence-corrected chi connectivity index (χ4v) is 1.88. The fourth-order valence-electron chi connectivity index (χ4n) is 1.88. The van der Waals surface area contributed by atoms with Crippen molar-refractivity contribution >= 4 is 0 Å². The number of para-hydroxylation sites is 1. The van der Waals surface area contributed by atoms with E-state index in [2.05, 4.69) is 0 Å². The Morgan fingerprint density at radius 2 is 2.07 bits per heavy atom. The second-order valence-corrected chi connectivity index (χ2v) is 3.54. The van der Waals surface area contributed by atoms with E-state index in [1.54, 1.807) is 7.11 Å². The summed E-state index contributed by atoms with van der Waals surface area (Å²) in [5, 5.41) is 9.40. The predicted octanol–water partition coefficient (Wildman–Crippen LogP) is 2.10. The van der Waals surface area contributed by atoms with E-state index in [1.807, 2.05) is 36.4 Å². The van der Waals surface area contributed by atoms with Crippen LogP contribution in [0.1, 0.15) is 17.9 Å². The first-order valence-corrected chi connectivity index (χ1v) is 4.80. The molecule has 0 fully saturated rings. The molecule has 1 aromatic rings. The second kappa shape index (κ2) is 3.84. The van der Waals surface area contributed by atoms with Gasteiger partial charge in [0.2, 0.25) is 0 Å². The number of hydrogen-bond donors (Lipinski definition) is 1. The number of aliphatic hydroxyl groups is 1. The van der Waals surface area contributed by atoms with Gasteiger partial charge in [-0.05, 0) is 12.5 Å². The molecule has 74 valence electrons. The Labute approximate surface area is 83.8 Å². The molecule has 1 aliphatic carbocycles. The highest BCUT2D eigenvalue weighted by atomic mass is 16.5. The first-order valence-electron chi connectivity index (χ1n) is 4.80. The van der Waals surface area contributed by atoms with Gasteiger partial charge in [0.1, 0.15) is 5.75 Å². The summed E-state index contributed by atoms with van der Waals surface area (Å²) >= 11 is 0. The van der Waals surface area contributed by atoms with Crippen LogP contribution in [0, 0.1) is 0 Å². The minimum atomic E-state index is -0.301. The van der Waals surface area contributed by atoms with E-state index in [1.165, 1.54) is 0 Å². The molecule has 2 rings (SSSR count). The maximum absolute atomic E-state index is 9.40. The van der Waals surface area contributed by atoms with E-state index in [9.17, 15) is 5.11 Å². The normalized spacial score (nSPS) is 25.3. The van der Waals surface area contributed by atoms with Crippen LogP contribution in [0.3, 0.4) is 0 Å². The zero-order valence-electron chi connectivity index (χ0n) is 8.18. The second-order valence-electron chi connectivity index (χ2n) is 3.54. The number of hydrogen-bond acceptors (Lipinski definition) is 2. The lowest BCUT2D eigenvalue weighted by atomic mass is 9.97. The van der Waals surface area contributed by atoms with E-state index in [4.69, 9.17) is 4.74 Å². The predicted molar refractivity (Wildman–Crippen MR) is 55.5 cm³/mol. The Morgan fingerprint density at radius 1 is 1.29 bits per heavy atom. The van der Waals surface area contributed by atoms with Gasteiger partial charge in [0.15, 0.2) is 0 Å². The Bertz CT molecular complexity index is 344. The summed E-state index contributed by atoms with van der Waals surface area (Å²) in [4.78, 5) is 0. The van der Waals surface area contributed by atoms with Crippen LogP contribution < -0.4 is 4.74 Å². The lowest BCUT2D eigenvalue weighted by Gasteiger charge is -2.13. The molecule has 14 heavy (non-hydrogen) atoms. The monoisotopic (exact) mass is 190 g/mol. The average Bonchev–Trinajstić information content (AvgIpc) is 2.65. The lowest BCUT2D eigenvalue weighted by Crippen LogP contribution is -2.02. The molecule has 0 heterocycles. The van der Waals surface area contributed by atoms with Gasteiger partial charge in [-0.15, -0.1) is 0 Å². The SMILES string of the molecule is COc1ccccc1C1C=CC(O)C1. The minimum Gasteiger partial charge on any atom is -0.496 e. The lowest BCUT2D eigenvalue weighted by molar-refractivity contribution is 0.218. The molecule has 0 saturated heterocycles.